The van der Waals surface area contributed by atoms with Crippen LogP contribution in [0.3, 0.4) is 0 Å². The Morgan fingerprint density at radius 2 is 2.12 bits per heavy atom. The van der Waals surface area contributed by atoms with Crippen LogP contribution in [-0.2, 0) is 11.2 Å². The van der Waals surface area contributed by atoms with Crippen LogP contribution in [0.5, 0.6) is 0 Å². The number of anilines is 1. The lowest BCUT2D eigenvalue weighted by Gasteiger charge is -2.19. The Balaban J connectivity index is 0.00000256. The van der Waals surface area contributed by atoms with Crippen molar-refractivity contribution in [1.82, 2.24) is 9.88 Å². The number of likely N-dealkylation sites (N-methyl/N-ethyl adjacent to an activating group) is 1. The van der Waals surface area contributed by atoms with E-state index in [0.717, 1.165) is 12.2 Å². The fourth-order valence-electron chi connectivity index (χ4n) is 1.48. The maximum atomic E-state index is 11.8. The second kappa shape index (κ2) is 7.12. The first-order valence-corrected chi connectivity index (χ1v) is 5.43. The van der Waals surface area contributed by atoms with E-state index >= 15 is 0 Å². The third-order valence-corrected chi connectivity index (χ3v) is 2.24. The molecule has 0 spiro atoms. The predicted molar refractivity (Wildman–Crippen MR) is 72.1 cm³/mol. The second-order valence-corrected chi connectivity index (χ2v) is 4.43. The summed E-state index contributed by atoms with van der Waals surface area (Å²) in [4.78, 5) is 17.6. The monoisotopic (exact) mass is 257 g/mol. The first-order valence-electron chi connectivity index (χ1n) is 5.43. The lowest BCUT2D eigenvalue weighted by Crippen LogP contribution is -2.31. The normalized spacial score (nSPS) is 9.88. The fourth-order valence-corrected chi connectivity index (χ4v) is 1.48. The van der Waals surface area contributed by atoms with Crippen LogP contribution in [0.2, 0.25) is 0 Å². The van der Waals surface area contributed by atoms with E-state index in [-0.39, 0.29) is 18.3 Å². The van der Waals surface area contributed by atoms with E-state index in [2.05, 4.69) is 18.8 Å². The number of aromatic nitrogens is 1. The molecular weight excluding hydrogens is 238 g/mol. The Labute approximate surface area is 109 Å². The van der Waals surface area contributed by atoms with Gasteiger partial charge in [-0.15, -0.1) is 12.4 Å². The number of halogens is 1. The minimum atomic E-state index is 0. The minimum absolute atomic E-state index is 0. The van der Waals surface area contributed by atoms with Crippen LogP contribution in [-0.4, -0.2) is 29.4 Å². The number of nitrogens with two attached hydrogens (primary N) is 1. The summed E-state index contributed by atoms with van der Waals surface area (Å²) in [5.74, 6) is 0.569. The molecule has 1 aromatic rings. The Kier molecular flexibility index (Phi) is 6.58. The van der Waals surface area contributed by atoms with Gasteiger partial charge in [0.2, 0.25) is 5.91 Å². The molecule has 96 valence electrons. The summed E-state index contributed by atoms with van der Waals surface area (Å²) in [5, 5.41) is 0. The zero-order chi connectivity index (χ0) is 12.1. The average Bonchev–Trinajstić information content (AvgIpc) is 2.20. The highest BCUT2D eigenvalue weighted by Crippen LogP contribution is 2.04. The Morgan fingerprint density at radius 1 is 1.47 bits per heavy atom. The summed E-state index contributed by atoms with van der Waals surface area (Å²) in [6, 6.07) is 3.55. The van der Waals surface area contributed by atoms with Gasteiger partial charge in [0, 0.05) is 19.3 Å². The maximum Gasteiger partial charge on any atom is 0.228 e. The standard InChI is InChI=1S/C12H19N3O.ClH/c1-9(2)8-15(3)12(16)6-11-5-4-10(13)7-14-11;/h4-5,7,9H,6,8,13H2,1-3H3;1H. The van der Waals surface area contributed by atoms with Crippen LogP contribution < -0.4 is 5.73 Å². The van der Waals surface area contributed by atoms with E-state index in [4.69, 9.17) is 5.73 Å². The van der Waals surface area contributed by atoms with Crippen LogP contribution in [0.1, 0.15) is 19.5 Å². The van der Waals surface area contributed by atoms with Crippen molar-refractivity contribution in [2.24, 2.45) is 5.92 Å². The maximum absolute atomic E-state index is 11.8. The third kappa shape index (κ3) is 5.54. The molecule has 0 saturated heterocycles. The molecule has 1 amide bonds. The number of carbonyl (C=O) groups is 1. The molecule has 0 aliphatic rings. The lowest BCUT2D eigenvalue weighted by molar-refractivity contribution is -0.129. The van der Waals surface area contributed by atoms with Crippen molar-refractivity contribution in [2.45, 2.75) is 20.3 Å². The van der Waals surface area contributed by atoms with Crippen LogP contribution >= 0.6 is 12.4 Å². The third-order valence-electron chi connectivity index (χ3n) is 2.24. The van der Waals surface area contributed by atoms with E-state index in [1.807, 2.05) is 7.05 Å². The topological polar surface area (TPSA) is 59.2 Å². The van der Waals surface area contributed by atoms with Gasteiger partial charge in [0.15, 0.2) is 0 Å². The van der Waals surface area contributed by atoms with Gasteiger partial charge in [-0.1, -0.05) is 13.8 Å². The molecule has 1 heterocycles. The summed E-state index contributed by atoms with van der Waals surface area (Å²) in [5.41, 5.74) is 6.90. The van der Waals surface area contributed by atoms with Crippen molar-refractivity contribution in [2.75, 3.05) is 19.3 Å². The Hall–Kier alpha value is -1.29. The van der Waals surface area contributed by atoms with Crippen LogP contribution in [0.25, 0.3) is 0 Å². The van der Waals surface area contributed by atoms with Crippen molar-refractivity contribution in [3.8, 4) is 0 Å². The van der Waals surface area contributed by atoms with Gasteiger partial charge in [0.1, 0.15) is 0 Å². The van der Waals surface area contributed by atoms with E-state index in [9.17, 15) is 4.79 Å². The molecule has 5 heteroatoms. The van der Waals surface area contributed by atoms with E-state index in [1.54, 1.807) is 23.2 Å². The quantitative estimate of drug-likeness (QED) is 0.894. The molecule has 4 nitrogen and oxygen atoms in total. The Morgan fingerprint density at radius 3 is 2.59 bits per heavy atom. The number of rotatable bonds is 4. The molecular formula is C12H20ClN3O. The number of carbonyl (C=O) groups excluding carboxylic acids is 1. The highest BCUT2D eigenvalue weighted by Gasteiger charge is 2.11. The molecule has 0 atom stereocenters. The van der Waals surface area contributed by atoms with Gasteiger partial charge in [-0.2, -0.15) is 0 Å². The Bertz CT molecular complexity index is 351. The average molecular weight is 258 g/mol. The highest BCUT2D eigenvalue weighted by molar-refractivity contribution is 5.85. The van der Waals surface area contributed by atoms with Gasteiger partial charge in [-0.05, 0) is 18.1 Å². The summed E-state index contributed by atoms with van der Waals surface area (Å²) in [6.45, 7) is 4.95. The minimum Gasteiger partial charge on any atom is -0.397 e. The van der Waals surface area contributed by atoms with E-state index in [0.29, 0.717) is 18.0 Å². The largest absolute Gasteiger partial charge is 0.397 e. The molecule has 0 saturated carbocycles. The number of hydrogen-bond donors (Lipinski definition) is 1. The number of amides is 1. The number of nitrogen functional groups attached to an aromatic ring is 1. The molecule has 1 rings (SSSR count). The molecule has 2 N–H and O–H groups in total. The van der Waals surface area contributed by atoms with Crippen molar-refractivity contribution < 1.29 is 4.79 Å². The first-order chi connectivity index (χ1) is 7.49. The summed E-state index contributed by atoms with van der Waals surface area (Å²) in [6.07, 6.45) is 1.91. The zero-order valence-electron chi connectivity index (χ0n) is 10.5. The second-order valence-electron chi connectivity index (χ2n) is 4.43. The smallest absolute Gasteiger partial charge is 0.228 e. The van der Waals surface area contributed by atoms with Crippen molar-refractivity contribution in [1.29, 1.82) is 0 Å². The first kappa shape index (κ1) is 15.7. The molecule has 0 fully saturated rings. The summed E-state index contributed by atoms with van der Waals surface area (Å²) in [7, 11) is 1.82. The zero-order valence-corrected chi connectivity index (χ0v) is 11.3. The van der Waals surface area contributed by atoms with Crippen molar-refractivity contribution >= 4 is 24.0 Å². The highest BCUT2D eigenvalue weighted by atomic mass is 35.5. The van der Waals surface area contributed by atoms with Gasteiger partial charge in [0.25, 0.3) is 0 Å². The van der Waals surface area contributed by atoms with E-state index in [1.165, 1.54) is 0 Å². The van der Waals surface area contributed by atoms with Gasteiger partial charge in [-0.3, -0.25) is 9.78 Å². The molecule has 0 aromatic carbocycles. The number of hydrogen-bond acceptors (Lipinski definition) is 3. The molecule has 17 heavy (non-hydrogen) atoms. The van der Waals surface area contributed by atoms with Crippen LogP contribution in [0.4, 0.5) is 5.69 Å². The molecule has 0 radical (unpaired) electrons. The fraction of sp³-hybridized carbons (Fsp3) is 0.500. The van der Waals surface area contributed by atoms with Gasteiger partial charge >= 0.3 is 0 Å². The number of pyridine rings is 1. The molecule has 1 aromatic heterocycles. The number of nitrogens with zero attached hydrogens (tertiary/aromatic N) is 2. The van der Waals surface area contributed by atoms with E-state index < -0.39 is 0 Å². The molecule has 0 aliphatic heterocycles. The molecule has 0 aliphatic carbocycles. The van der Waals surface area contributed by atoms with Crippen LogP contribution in [0.15, 0.2) is 18.3 Å². The van der Waals surface area contributed by atoms with Crippen molar-refractivity contribution in [3.05, 3.63) is 24.0 Å². The van der Waals surface area contributed by atoms with Gasteiger partial charge in [0.05, 0.1) is 18.3 Å². The summed E-state index contributed by atoms with van der Waals surface area (Å²) >= 11 is 0. The van der Waals surface area contributed by atoms with Gasteiger partial charge in [-0.25, -0.2) is 0 Å². The SMILES string of the molecule is CC(C)CN(C)C(=O)Cc1ccc(N)cn1.Cl. The van der Waals surface area contributed by atoms with Gasteiger partial charge < -0.3 is 10.6 Å². The van der Waals surface area contributed by atoms with Crippen LogP contribution in [0, 0.1) is 5.92 Å². The predicted octanol–water partition coefficient (Wildman–Crippen LogP) is 1.74. The summed E-state index contributed by atoms with van der Waals surface area (Å²) < 4.78 is 0. The van der Waals surface area contributed by atoms with Crippen molar-refractivity contribution in [3.63, 3.8) is 0 Å². The molecule has 0 bridgehead atoms. The molecule has 0 unspecified atom stereocenters. The lowest BCUT2D eigenvalue weighted by atomic mass is 10.2.